The molecule has 0 spiro atoms. The third-order valence-corrected chi connectivity index (χ3v) is 10.0. The second-order valence-corrected chi connectivity index (χ2v) is 13.1. The van der Waals surface area contributed by atoms with Crippen LogP contribution in [0.15, 0.2) is 165 Å². The summed E-state index contributed by atoms with van der Waals surface area (Å²) in [5.41, 5.74) is 17.3. The van der Waals surface area contributed by atoms with E-state index in [1.54, 1.807) is 0 Å². The first-order valence-electron chi connectivity index (χ1n) is 17.2. The first-order valence-corrected chi connectivity index (χ1v) is 17.2. The minimum atomic E-state index is -0.482. The van der Waals surface area contributed by atoms with Crippen molar-refractivity contribution in [1.29, 1.82) is 0 Å². The highest BCUT2D eigenvalue weighted by Crippen LogP contribution is 2.39. The molecule has 3 heterocycles. The summed E-state index contributed by atoms with van der Waals surface area (Å²) in [4.78, 5) is 0. The molecule has 2 atom stereocenters. The average Bonchev–Trinajstić information content (AvgIpc) is 3.87. The van der Waals surface area contributed by atoms with Gasteiger partial charge in [-0.2, -0.15) is 0 Å². The van der Waals surface area contributed by atoms with Gasteiger partial charge in [-0.25, -0.2) is 0 Å². The Kier molecular flexibility index (Phi) is 6.99. The summed E-state index contributed by atoms with van der Waals surface area (Å²) >= 11 is 0. The van der Waals surface area contributed by atoms with Crippen LogP contribution in [0.2, 0.25) is 0 Å². The van der Waals surface area contributed by atoms with Gasteiger partial charge in [0.05, 0.1) is 12.3 Å². The van der Waals surface area contributed by atoms with E-state index in [4.69, 9.17) is 19.0 Å². The van der Waals surface area contributed by atoms with Crippen molar-refractivity contribution >= 4 is 65.8 Å². The Hall–Kier alpha value is -6.18. The maximum atomic E-state index is 6.88. The summed E-state index contributed by atoms with van der Waals surface area (Å²) in [5.74, 6) is 0. The van der Waals surface area contributed by atoms with Crippen LogP contribution in [0, 0.1) is 0 Å². The molecule has 6 nitrogen and oxygen atoms in total. The highest BCUT2D eigenvalue weighted by molar-refractivity contribution is 6.11. The van der Waals surface area contributed by atoms with Gasteiger partial charge in [0.15, 0.2) is 0 Å². The minimum absolute atomic E-state index is 0.226. The molecular formula is C45H33N3O3. The summed E-state index contributed by atoms with van der Waals surface area (Å²) in [6.45, 7) is 0.598. The molecule has 0 saturated carbocycles. The zero-order valence-corrected chi connectivity index (χ0v) is 27.6. The number of nitrogens with one attached hydrogen (secondary N) is 2. The Morgan fingerprint density at radius 2 is 1.14 bits per heavy atom. The van der Waals surface area contributed by atoms with Crippen LogP contribution in [0.4, 0.5) is 0 Å². The van der Waals surface area contributed by atoms with Crippen LogP contribution >= 0.6 is 0 Å². The number of para-hydroxylation sites is 4. The molecule has 246 valence electrons. The van der Waals surface area contributed by atoms with Gasteiger partial charge in [-0.3, -0.25) is 10.6 Å². The Labute approximate surface area is 293 Å². The van der Waals surface area contributed by atoms with Crippen LogP contribution in [0.25, 0.3) is 76.9 Å². The number of nitrogens with two attached hydrogens (primary N) is 1. The van der Waals surface area contributed by atoms with E-state index in [0.717, 1.165) is 93.6 Å². The predicted molar refractivity (Wildman–Crippen MR) is 206 cm³/mol. The largest absolute Gasteiger partial charge is 0.456 e. The lowest BCUT2D eigenvalue weighted by atomic mass is 10.00. The molecule has 10 rings (SSSR count). The fourth-order valence-corrected chi connectivity index (χ4v) is 7.50. The normalized spacial score (nSPS) is 13.3. The fourth-order valence-electron chi connectivity index (χ4n) is 7.50. The molecule has 51 heavy (non-hydrogen) atoms. The third-order valence-electron chi connectivity index (χ3n) is 10.0. The summed E-state index contributed by atoms with van der Waals surface area (Å²) in [6.07, 6.45) is -0.708. The Balaban J connectivity index is 0.943. The average molecular weight is 664 g/mol. The second-order valence-electron chi connectivity index (χ2n) is 13.1. The van der Waals surface area contributed by atoms with E-state index in [0.29, 0.717) is 6.54 Å². The molecule has 3 aromatic heterocycles. The molecule has 0 aliphatic carbocycles. The zero-order valence-electron chi connectivity index (χ0n) is 27.6. The van der Waals surface area contributed by atoms with Crippen molar-refractivity contribution in [3.8, 4) is 11.1 Å². The molecule has 2 unspecified atom stereocenters. The van der Waals surface area contributed by atoms with Crippen molar-refractivity contribution in [1.82, 2.24) is 10.6 Å². The Bertz CT molecular complexity index is 2880. The standard InChI is InChI=1S/C45H33N3O3/c46-44(36-17-9-16-35-32-13-5-7-19-39(32)51-43(35)36)48-45(28-10-2-1-3-11-28)47-26-27-20-22-33-37-25-29(21-23-40(37)49-41(33)24-27)30-14-8-15-34-31-12-4-6-18-38(31)50-42(30)34/h1-25,44-45,47-48H,26,46H2. The highest BCUT2D eigenvalue weighted by Gasteiger charge is 2.20. The molecule has 4 N–H and O–H groups in total. The number of hydrogen-bond donors (Lipinski definition) is 3. The van der Waals surface area contributed by atoms with Crippen LogP contribution in [0.5, 0.6) is 0 Å². The number of benzene rings is 7. The molecule has 0 aliphatic heterocycles. The summed E-state index contributed by atoms with van der Waals surface area (Å²) in [5, 5.41) is 13.9. The molecule has 7 aromatic carbocycles. The molecule has 0 bridgehead atoms. The van der Waals surface area contributed by atoms with Crippen molar-refractivity contribution in [3.63, 3.8) is 0 Å². The molecular weight excluding hydrogens is 631 g/mol. The molecule has 0 radical (unpaired) electrons. The minimum Gasteiger partial charge on any atom is -0.456 e. The van der Waals surface area contributed by atoms with E-state index in [-0.39, 0.29) is 6.17 Å². The van der Waals surface area contributed by atoms with Gasteiger partial charge < -0.3 is 19.0 Å². The van der Waals surface area contributed by atoms with Crippen molar-refractivity contribution in [2.45, 2.75) is 18.9 Å². The van der Waals surface area contributed by atoms with Gasteiger partial charge >= 0.3 is 0 Å². The van der Waals surface area contributed by atoms with E-state index in [9.17, 15) is 0 Å². The Morgan fingerprint density at radius 3 is 1.94 bits per heavy atom. The monoisotopic (exact) mass is 663 g/mol. The summed E-state index contributed by atoms with van der Waals surface area (Å²) in [6, 6.07) is 51.9. The molecule has 10 aromatic rings. The molecule has 6 heteroatoms. The van der Waals surface area contributed by atoms with Gasteiger partial charge in [-0.05, 0) is 47.0 Å². The lowest BCUT2D eigenvalue weighted by Gasteiger charge is -2.25. The topological polar surface area (TPSA) is 89.5 Å². The number of hydrogen-bond acceptors (Lipinski definition) is 6. The van der Waals surface area contributed by atoms with Gasteiger partial charge in [-0.15, -0.1) is 0 Å². The molecule has 0 saturated heterocycles. The first-order chi connectivity index (χ1) is 25.2. The zero-order chi connectivity index (χ0) is 33.9. The van der Waals surface area contributed by atoms with Crippen molar-refractivity contribution < 1.29 is 13.3 Å². The smallest absolute Gasteiger partial charge is 0.143 e. The van der Waals surface area contributed by atoms with Crippen molar-refractivity contribution in [2.75, 3.05) is 0 Å². The van der Waals surface area contributed by atoms with Gasteiger partial charge in [0.2, 0.25) is 0 Å². The number of rotatable bonds is 8. The van der Waals surface area contributed by atoms with Crippen LogP contribution < -0.4 is 16.4 Å². The van der Waals surface area contributed by atoms with E-state index >= 15 is 0 Å². The molecule has 0 amide bonds. The SMILES string of the molecule is NC(NC(NCc1ccc2c(c1)oc1ccc(-c3cccc4c3oc3ccccc34)cc12)c1ccccc1)c1cccc2c1oc1ccccc12. The number of fused-ring (bicyclic) bond motifs is 9. The van der Waals surface area contributed by atoms with Gasteiger partial charge in [0.25, 0.3) is 0 Å². The second kappa shape index (κ2) is 12.0. The predicted octanol–water partition coefficient (Wildman–Crippen LogP) is 11.1. The maximum Gasteiger partial charge on any atom is 0.143 e. The van der Waals surface area contributed by atoms with Crippen molar-refractivity contribution in [3.05, 3.63) is 168 Å². The number of furan rings is 3. The summed E-state index contributed by atoms with van der Waals surface area (Å²) < 4.78 is 19.0. The van der Waals surface area contributed by atoms with E-state index in [1.807, 2.05) is 60.7 Å². The lowest BCUT2D eigenvalue weighted by molar-refractivity contribution is 0.385. The lowest BCUT2D eigenvalue weighted by Crippen LogP contribution is -2.39. The summed E-state index contributed by atoms with van der Waals surface area (Å²) in [7, 11) is 0. The van der Waals surface area contributed by atoms with E-state index in [2.05, 4.69) is 102 Å². The fraction of sp³-hybridized carbons (Fsp3) is 0.0667. The quantitative estimate of drug-likeness (QED) is 0.140. The third kappa shape index (κ3) is 5.08. The van der Waals surface area contributed by atoms with Crippen LogP contribution in [0.3, 0.4) is 0 Å². The van der Waals surface area contributed by atoms with E-state index < -0.39 is 6.17 Å². The molecule has 0 aliphatic rings. The van der Waals surface area contributed by atoms with Gasteiger partial charge in [0.1, 0.15) is 33.5 Å². The van der Waals surface area contributed by atoms with Crippen LogP contribution in [0.1, 0.15) is 29.0 Å². The maximum absolute atomic E-state index is 6.88. The van der Waals surface area contributed by atoms with Gasteiger partial charge in [-0.1, -0.05) is 121 Å². The van der Waals surface area contributed by atoms with Gasteiger partial charge in [0, 0.05) is 50.0 Å². The Morgan fingerprint density at radius 1 is 0.490 bits per heavy atom. The van der Waals surface area contributed by atoms with Crippen LogP contribution in [-0.2, 0) is 6.54 Å². The van der Waals surface area contributed by atoms with E-state index in [1.165, 1.54) is 0 Å². The van der Waals surface area contributed by atoms with Crippen molar-refractivity contribution in [2.24, 2.45) is 5.73 Å². The van der Waals surface area contributed by atoms with Crippen LogP contribution in [-0.4, -0.2) is 0 Å². The molecule has 0 fully saturated rings. The first kappa shape index (κ1) is 29.7. The highest BCUT2D eigenvalue weighted by atomic mass is 16.3.